The van der Waals surface area contributed by atoms with Gasteiger partial charge in [-0.2, -0.15) is 0 Å². The SMILES string of the molecule is CC1Cc2ccccc2N1CCNC(=O)c1cccc(NC(N)=O)c1. The monoisotopic (exact) mass is 338 g/mol. The molecule has 25 heavy (non-hydrogen) atoms. The summed E-state index contributed by atoms with van der Waals surface area (Å²) in [7, 11) is 0. The number of rotatable bonds is 5. The standard InChI is InChI=1S/C19H22N4O2/c1-13-11-14-5-2-3-8-17(14)23(13)10-9-21-18(24)15-6-4-7-16(12-15)22-19(20)25/h2-8,12-13H,9-11H2,1H3,(H,21,24)(H3,20,22,25). The number of hydrogen-bond donors (Lipinski definition) is 3. The van der Waals surface area contributed by atoms with E-state index in [-0.39, 0.29) is 5.91 Å². The minimum Gasteiger partial charge on any atom is -0.367 e. The van der Waals surface area contributed by atoms with Crippen LogP contribution in [0.4, 0.5) is 16.2 Å². The Hall–Kier alpha value is -3.02. The summed E-state index contributed by atoms with van der Waals surface area (Å²) in [5.41, 5.74) is 8.69. The van der Waals surface area contributed by atoms with Gasteiger partial charge in [-0.1, -0.05) is 24.3 Å². The van der Waals surface area contributed by atoms with Crippen LogP contribution in [0.15, 0.2) is 48.5 Å². The van der Waals surface area contributed by atoms with Crippen LogP contribution in [-0.4, -0.2) is 31.1 Å². The Balaban J connectivity index is 1.57. The van der Waals surface area contributed by atoms with E-state index in [1.807, 2.05) is 6.07 Å². The van der Waals surface area contributed by atoms with Gasteiger partial charge in [0.2, 0.25) is 0 Å². The second-order valence-corrected chi connectivity index (χ2v) is 6.20. The molecule has 0 spiro atoms. The van der Waals surface area contributed by atoms with Gasteiger partial charge in [0.15, 0.2) is 0 Å². The Labute approximate surface area is 147 Å². The van der Waals surface area contributed by atoms with Crippen molar-refractivity contribution in [3.8, 4) is 0 Å². The number of fused-ring (bicyclic) bond motifs is 1. The van der Waals surface area contributed by atoms with Crippen LogP contribution in [0.3, 0.4) is 0 Å². The van der Waals surface area contributed by atoms with Gasteiger partial charge in [0.05, 0.1) is 0 Å². The van der Waals surface area contributed by atoms with E-state index in [2.05, 4.69) is 40.7 Å². The van der Waals surface area contributed by atoms with Gasteiger partial charge in [0, 0.05) is 36.1 Å². The Morgan fingerprint density at radius 2 is 2.00 bits per heavy atom. The molecule has 6 heteroatoms. The molecule has 0 radical (unpaired) electrons. The van der Waals surface area contributed by atoms with Crippen LogP contribution in [0.2, 0.25) is 0 Å². The van der Waals surface area contributed by atoms with E-state index in [1.165, 1.54) is 11.3 Å². The molecule has 4 N–H and O–H groups in total. The molecular formula is C19H22N4O2. The minimum atomic E-state index is -0.653. The van der Waals surface area contributed by atoms with E-state index in [1.54, 1.807) is 24.3 Å². The Morgan fingerprint density at radius 3 is 2.80 bits per heavy atom. The van der Waals surface area contributed by atoms with Gasteiger partial charge in [-0.3, -0.25) is 4.79 Å². The van der Waals surface area contributed by atoms with Crippen molar-refractivity contribution in [1.82, 2.24) is 5.32 Å². The smallest absolute Gasteiger partial charge is 0.316 e. The van der Waals surface area contributed by atoms with Gasteiger partial charge in [-0.15, -0.1) is 0 Å². The van der Waals surface area contributed by atoms with Gasteiger partial charge in [-0.05, 0) is 43.2 Å². The second-order valence-electron chi connectivity index (χ2n) is 6.20. The third-order valence-electron chi connectivity index (χ3n) is 4.38. The molecule has 1 heterocycles. The van der Waals surface area contributed by atoms with Gasteiger partial charge in [0.25, 0.3) is 5.91 Å². The van der Waals surface area contributed by atoms with E-state index in [0.717, 1.165) is 13.0 Å². The average Bonchev–Trinajstić information content (AvgIpc) is 2.90. The molecule has 1 aliphatic rings. The Morgan fingerprint density at radius 1 is 1.20 bits per heavy atom. The molecule has 0 fully saturated rings. The number of para-hydroxylation sites is 1. The van der Waals surface area contributed by atoms with Crippen molar-refractivity contribution in [2.75, 3.05) is 23.3 Å². The molecule has 1 atom stereocenters. The maximum atomic E-state index is 12.3. The maximum absolute atomic E-state index is 12.3. The number of primary amides is 1. The first-order valence-electron chi connectivity index (χ1n) is 8.34. The van der Waals surface area contributed by atoms with Crippen molar-refractivity contribution in [3.63, 3.8) is 0 Å². The molecule has 2 aromatic rings. The summed E-state index contributed by atoms with van der Waals surface area (Å²) < 4.78 is 0. The molecule has 6 nitrogen and oxygen atoms in total. The van der Waals surface area contributed by atoms with Crippen molar-refractivity contribution < 1.29 is 9.59 Å². The molecule has 0 saturated carbocycles. The lowest BCUT2D eigenvalue weighted by Crippen LogP contribution is -2.37. The van der Waals surface area contributed by atoms with Crippen molar-refractivity contribution in [2.24, 2.45) is 5.73 Å². The van der Waals surface area contributed by atoms with E-state index >= 15 is 0 Å². The highest BCUT2D eigenvalue weighted by Gasteiger charge is 2.24. The summed E-state index contributed by atoms with van der Waals surface area (Å²) in [6, 6.07) is 14.9. The highest BCUT2D eigenvalue weighted by molar-refractivity contribution is 5.96. The summed E-state index contributed by atoms with van der Waals surface area (Å²) >= 11 is 0. The zero-order valence-corrected chi connectivity index (χ0v) is 14.2. The van der Waals surface area contributed by atoms with Crippen molar-refractivity contribution in [2.45, 2.75) is 19.4 Å². The predicted octanol–water partition coefficient (Wildman–Crippen LogP) is 2.36. The van der Waals surface area contributed by atoms with Crippen LogP contribution in [0, 0.1) is 0 Å². The first-order chi connectivity index (χ1) is 12.0. The van der Waals surface area contributed by atoms with Crippen LogP contribution < -0.4 is 21.3 Å². The summed E-state index contributed by atoms with van der Waals surface area (Å²) in [6.45, 7) is 3.49. The number of nitrogens with two attached hydrogens (primary N) is 1. The Bertz CT molecular complexity index is 790. The minimum absolute atomic E-state index is 0.173. The maximum Gasteiger partial charge on any atom is 0.316 e. The normalized spacial score (nSPS) is 15.6. The predicted molar refractivity (Wildman–Crippen MR) is 98.9 cm³/mol. The van der Waals surface area contributed by atoms with Crippen molar-refractivity contribution in [3.05, 3.63) is 59.7 Å². The fourth-order valence-corrected chi connectivity index (χ4v) is 3.24. The van der Waals surface area contributed by atoms with Gasteiger partial charge >= 0.3 is 6.03 Å². The number of nitrogens with one attached hydrogen (secondary N) is 2. The number of anilines is 2. The number of amides is 3. The average molecular weight is 338 g/mol. The third kappa shape index (κ3) is 3.91. The van der Waals surface area contributed by atoms with Crippen molar-refractivity contribution >= 4 is 23.3 Å². The first kappa shape index (κ1) is 16.8. The highest BCUT2D eigenvalue weighted by Crippen LogP contribution is 2.31. The van der Waals surface area contributed by atoms with Gasteiger partial charge in [0.1, 0.15) is 0 Å². The summed E-state index contributed by atoms with van der Waals surface area (Å²) in [5.74, 6) is -0.173. The molecule has 2 aromatic carbocycles. The number of urea groups is 1. The lowest BCUT2D eigenvalue weighted by Gasteiger charge is -2.25. The fraction of sp³-hybridized carbons (Fsp3) is 0.263. The third-order valence-corrected chi connectivity index (χ3v) is 4.38. The van der Waals surface area contributed by atoms with E-state index in [9.17, 15) is 9.59 Å². The molecule has 0 aromatic heterocycles. The van der Waals surface area contributed by atoms with Crippen LogP contribution in [0.25, 0.3) is 0 Å². The molecule has 0 saturated heterocycles. The molecular weight excluding hydrogens is 316 g/mol. The molecule has 1 aliphatic heterocycles. The zero-order valence-electron chi connectivity index (χ0n) is 14.2. The number of nitrogens with zero attached hydrogens (tertiary/aromatic N) is 1. The topological polar surface area (TPSA) is 87.5 Å². The summed E-state index contributed by atoms with van der Waals surface area (Å²) in [5, 5.41) is 5.40. The lowest BCUT2D eigenvalue weighted by atomic mass is 10.1. The zero-order chi connectivity index (χ0) is 17.8. The molecule has 130 valence electrons. The largest absolute Gasteiger partial charge is 0.367 e. The van der Waals surface area contributed by atoms with Crippen LogP contribution in [0.1, 0.15) is 22.8 Å². The molecule has 0 aliphatic carbocycles. The lowest BCUT2D eigenvalue weighted by molar-refractivity contribution is 0.0954. The molecule has 1 unspecified atom stereocenters. The Kier molecular flexibility index (Phi) is 4.88. The highest BCUT2D eigenvalue weighted by atomic mass is 16.2. The van der Waals surface area contributed by atoms with Crippen LogP contribution >= 0.6 is 0 Å². The number of carbonyl (C=O) groups excluding carboxylic acids is 2. The van der Waals surface area contributed by atoms with E-state index in [0.29, 0.717) is 23.8 Å². The van der Waals surface area contributed by atoms with Gasteiger partial charge in [-0.25, -0.2) is 4.79 Å². The number of carbonyl (C=O) groups is 2. The summed E-state index contributed by atoms with van der Waals surface area (Å²) in [6.07, 6.45) is 1.03. The molecule has 0 bridgehead atoms. The van der Waals surface area contributed by atoms with E-state index < -0.39 is 6.03 Å². The number of hydrogen-bond acceptors (Lipinski definition) is 3. The van der Waals surface area contributed by atoms with Crippen molar-refractivity contribution in [1.29, 1.82) is 0 Å². The molecule has 3 amide bonds. The molecule has 3 rings (SSSR count). The van der Waals surface area contributed by atoms with Crippen LogP contribution in [-0.2, 0) is 6.42 Å². The van der Waals surface area contributed by atoms with E-state index in [4.69, 9.17) is 5.73 Å². The summed E-state index contributed by atoms with van der Waals surface area (Å²) in [4.78, 5) is 25.5. The number of benzene rings is 2. The quantitative estimate of drug-likeness (QED) is 0.782. The first-order valence-corrected chi connectivity index (χ1v) is 8.34. The van der Waals surface area contributed by atoms with Crippen LogP contribution in [0.5, 0.6) is 0 Å². The fourth-order valence-electron chi connectivity index (χ4n) is 3.24. The van der Waals surface area contributed by atoms with Gasteiger partial charge < -0.3 is 21.3 Å². The second kappa shape index (κ2) is 7.25.